The minimum absolute atomic E-state index is 0.150. The van der Waals surface area contributed by atoms with Crippen LogP contribution in [0.5, 0.6) is 11.5 Å². The summed E-state index contributed by atoms with van der Waals surface area (Å²) in [6, 6.07) is 3.73. The number of carbonyl (C=O) groups is 2. The van der Waals surface area contributed by atoms with Gasteiger partial charge in [0.05, 0.1) is 12.1 Å². The van der Waals surface area contributed by atoms with Crippen molar-refractivity contribution in [2.24, 2.45) is 11.5 Å². The van der Waals surface area contributed by atoms with Gasteiger partial charge in [0.1, 0.15) is 0 Å². The maximum atomic E-state index is 12.6. The van der Waals surface area contributed by atoms with Crippen LogP contribution in [0.25, 0.3) is 0 Å². The van der Waals surface area contributed by atoms with Crippen molar-refractivity contribution in [3.05, 3.63) is 23.8 Å². The summed E-state index contributed by atoms with van der Waals surface area (Å²) in [6.07, 6.45) is 1.18. The molecule has 1 aromatic carbocycles. The molecule has 0 bridgehead atoms. The van der Waals surface area contributed by atoms with E-state index < -0.39 is 12.1 Å². The van der Waals surface area contributed by atoms with E-state index in [1.165, 1.54) is 4.90 Å². The van der Waals surface area contributed by atoms with Crippen LogP contribution < -0.4 is 20.9 Å². The van der Waals surface area contributed by atoms with Crippen LogP contribution in [0.2, 0.25) is 0 Å². The molecule has 1 amide bonds. The Morgan fingerprint density at radius 1 is 1.30 bits per heavy atom. The van der Waals surface area contributed by atoms with Gasteiger partial charge in [0, 0.05) is 12.6 Å². The number of hydrogen-bond acceptors (Lipinski definition) is 6. The second-order valence-corrected chi connectivity index (χ2v) is 5.59. The fourth-order valence-electron chi connectivity index (χ4n) is 2.38. The number of benzene rings is 1. The fraction of sp³-hybridized carbons (Fsp3) is 0.500. The minimum atomic E-state index is -0.643. The van der Waals surface area contributed by atoms with E-state index in [1.807, 2.05) is 0 Å². The van der Waals surface area contributed by atoms with Crippen LogP contribution >= 0.6 is 0 Å². The number of rotatable bonds is 7. The molecule has 7 nitrogen and oxygen atoms in total. The molecule has 1 aliphatic heterocycles. The van der Waals surface area contributed by atoms with E-state index in [2.05, 4.69) is 0 Å². The van der Waals surface area contributed by atoms with Gasteiger partial charge in [-0.25, -0.2) is 0 Å². The Kier molecular flexibility index (Phi) is 5.57. The average Bonchev–Trinajstić information content (AvgIpc) is 3.04. The summed E-state index contributed by atoms with van der Waals surface area (Å²) in [6.45, 7) is 2.31. The lowest BCUT2D eigenvalue weighted by Crippen LogP contribution is -2.48. The molecular formula is C16H23N3O4. The number of nitrogens with two attached hydrogens (primary N) is 2. The third kappa shape index (κ3) is 3.80. The van der Waals surface area contributed by atoms with Gasteiger partial charge in [0.25, 0.3) is 0 Å². The Morgan fingerprint density at radius 2 is 2.00 bits per heavy atom. The van der Waals surface area contributed by atoms with Gasteiger partial charge in [-0.15, -0.1) is 0 Å². The van der Waals surface area contributed by atoms with Crippen molar-refractivity contribution < 1.29 is 19.1 Å². The largest absolute Gasteiger partial charge is 0.454 e. The zero-order chi connectivity index (χ0) is 17.0. The van der Waals surface area contributed by atoms with Crippen LogP contribution in [-0.4, -0.2) is 49.1 Å². The Balaban J connectivity index is 2.05. The summed E-state index contributed by atoms with van der Waals surface area (Å²) >= 11 is 0. The van der Waals surface area contributed by atoms with E-state index >= 15 is 0 Å². The molecule has 0 saturated heterocycles. The number of amides is 1. The molecule has 1 aliphatic rings. The first-order valence-electron chi connectivity index (χ1n) is 7.62. The highest BCUT2D eigenvalue weighted by molar-refractivity contribution is 6.02. The first-order chi connectivity index (χ1) is 11.0. The second-order valence-electron chi connectivity index (χ2n) is 5.59. The predicted octanol–water partition coefficient (Wildman–Crippen LogP) is 0.511. The Labute approximate surface area is 135 Å². The molecule has 1 aromatic rings. The van der Waals surface area contributed by atoms with Gasteiger partial charge in [0.2, 0.25) is 12.7 Å². The van der Waals surface area contributed by atoms with Crippen molar-refractivity contribution in [2.45, 2.75) is 31.8 Å². The lowest BCUT2D eigenvalue weighted by Gasteiger charge is -2.26. The highest BCUT2D eigenvalue weighted by atomic mass is 16.7. The van der Waals surface area contributed by atoms with Gasteiger partial charge >= 0.3 is 0 Å². The van der Waals surface area contributed by atoms with Crippen molar-refractivity contribution in [3.63, 3.8) is 0 Å². The summed E-state index contributed by atoms with van der Waals surface area (Å²) in [7, 11) is 1.58. The average molecular weight is 321 g/mol. The third-order valence-electron chi connectivity index (χ3n) is 4.00. The lowest BCUT2D eigenvalue weighted by atomic mass is 10.0. The van der Waals surface area contributed by atoms with Crippen LogP contribution in [0.4, 0.5) is 0 Å². The zero-order valence-electron chi connectivity index (χ0n) is 13.5. The van der Waals surface area contributed by atoms with Gasteiger partial charge in [-0.05, 0) is 44.5 Å². The topological polar surface area (TPSA) is 108 Å². The third-order valence-corrected chi connectivity index (χ3v) is 4.00. The fourth-order valence-corrected chi connectivity index (χ4v) is 2.38. The monoisotopic (exact) mass is 321 g/mol. The molecule has 0 radical (unpaired) electrons. The number of nitrogens with zero attached hydrogens (tertiary/aromatic N) is 1. The van der Waals surface area contributed by atoms with E-state index in [0.717, 1.165) is 0 Å². The molecular weight excluding hydrogens is 298 g/mol. The maximum absolute atomic E-state index is 12.6. The van der Waals surface area contributed by atoms with E-state index in [4.69, 9.17) is 20.9 Å². The van der Waals surface area contributed by atoms with E-state index in [-0.39, 0.29) is 18.5 Å². The molecule has 0 aromatic heterocycles. The summed E-state index contributed by atoms with van der Waals surface area (Å²) in [5, 5.41) is 0. The predicted molar refractivity (Wildman–Crippen MR) is 85.4 cm³/mol. The molecule has 2 rings (SSSR count). The number of likely N-dealkylation sites (N-methyl/N-ethyl adjacent to an activating group) is 1. The molecule has 0 fully saturated rings. The molecule has 2 atom stereocenters. The molecule has 23 heavy (non-hydrogen) atoms. The standard InChI is InChI=1S/C16H23N3O4/c1-10(19(2)16(21)12(18)4-3-7-17)15(20)11-5-6-13-14(8-11)23-9-22-13/h5-6,8,10,12H,3-4,7,9,17-18H2,1-2H3. The van der Waals surface area contributed by atoms with Crippen LogP contribution in [0.3, 0.4) is 0 Å². The quantitative estimate of drug-likeness (QED) is 0.709. The van der Waals surface area contributed by atoms with Crippen LogP contribution in [-0.2, 0) is 4.79 Å². The van der Waals surface area contributed by atoms with Crippen LogP contribution in [0.1, 0.15) is 30.1 Å². The Morgan fingerprint density at radius 3 is 2.70 bits per heavy atom. The normalized spacial score (nSPS) is 15.1. The number of fused-ring (bicyclic) bond motifs is 1. The zero-order valence-corrected chi connectivity index (χ0v) is 13.5. The number of hydrogen-bond donors (Lipinski definition) is 2. The highest BCUT2D eigenvalue weighted by Gasteiger charge is 2.27. The SMILES string of the molecule is CC(C(=O)c1ccc2c(c1)OCO2)N(C)C(=O)C(N)CCCN. The summed E-state index contributed by atoms with van der Waals surface area (Å²) in [5.74, 6) is 0.712. The molecule has 2 unspecified atom stereocenters. The second kappa shape index (κ2) is 7.43. The van der Waals surface area contributed by atoms with Gasteiger partial charge in [-0.3, -0.25) is 9.59 Å². The molecule has 7 heteroatoms. The van der Waals surface area contributed by atoms with Crippen molar-refractivity contribution in [1.29, 1.82) is 0 Å². The molecule has 0 aliphatic carbocycles. The maximum Gasteiger partial charge on any atom is 0.239 e. The van der Waals surface area contributed by atoms with Gasteiger partial charge < -0.3 is 25.8 Å². The number of Topliss-reactive ketones (excluding diaryl/α,β-unsaturated/α-hetero) is 1. The summed E-state index contributed by atoms with van der Waals surface area (Å²) < 4.78 is 10.5. The number of carbonyl (C=O) groups excluding carboxylic acids is 2. The highest BCUT2D eigenvalue weighted by Crippen LogP contribution is 2.32. The minimum Gasteiger partial charge on any atom is -0.454 e. The van der Waals surface area contributed by atoms with Crippen molar-refractivity contribution in [1.82, 2.24) is 4.90 Å². The van der Waals surface area contributed by atoms with Crippen LogP contribution in [0.15, 0.2) is 18.2 Å². The molecule has 126 valence electrons. The van der Waals surface area contributed by atoms with Crippen molar-refractivity contribution in [2.75, 3.05) is 20.4 Å². The van der Waals surface area contributed by atoms with Gasteiger partial charge in [-0.2, -0.15) is 0 Å². The molecule has 0 spiro atoms. The lowest BCUT2D eigenvalue weighted by molar-refractivity contribution is -0.132. The smallest absolute Gasteiger partial charge is 0.239 e. The molecule has 4 N–H and O–H groups in total. The number of ether oxygens (including phenoxy) is 2. The Hall–Kier alpha value is -2.12. The van der Waals surface area contributed by atoms with Crippen LogP contribution in [0, 0.1) is 0 Å². The van der Waals surface area contributed by atoms with Crippen molar-refractivity contribution >= 4 is 11.7 Å². The van der Waals surface area contributed by atoms with Gasteiger partial charge in [0.15, 0.2) is 17.3 Å². The van der Waals surface area contributed by atoms with Crippen molar-refractivity contribution in [3.8, 4) is 11.5 Å². The summed E-state index contributed by atoms with van der Waals surface area (Å²) in [4.78, 5) is 26.2. The first kappa shape index (κ1) is 17.2. The van der Waals surface area contributed by atoms with Gasteiger partial charge in [-0.1, -0.05) is 0 Å². The molecule has 0 saturated carbocycles. The Bertz CT molecular complexity index is 591. The van der Waals surface area contributed by atoms with E-state index in [9.17, 15) is 9.59 Å². The van der Waals surface area contributed by atoms with E-state index in [0.29, 0.717) is 36.4 Å². The number of ketones is 1. The molecule has 1 heterocycles. The van der Waals surface area contributed by atoms with E-state index in [1.54, 1.807) is 32.2 Å². The first-order valence-corrected chi connectivity index (χ1v) is 7.62. The summed E-state index contributed by atoms with van der Waals surface area (Å²) in [5.41, 5.74) is 11.8.